The molecule has 110 valence electrons. The summed E-state index contributed by atoms with van der Waals surface area (Å²) in [6.07, 6.45) is 2.73. The molecule has 0 bridgehead atoms. The van der Waals surface area contributed by atoms with Gasteiger partial charge in [-0.05, 0) is 37.9 Å². The monoisotopic (exact) mass is 276 g/mol. The van der Waals surface area contributed by atoms with Crippen molar-refractivity contribution in [2.75, 3.05) is 33.8 Å². The number of likely N-dealkylation sites (N-methyl/N-ethyl adjacent to an activating group) is 1. The number of piperidine rings is 1. The lowest BCUT2D eigenvalue weighted by atomic mass is 9.97. The zero-order valence-electron chi connectivity index (χ0n) is 12.4. The molecule has 4 heteroatoms. The van der Waals surface area contributed by atoms with Crippen LogP contribution in [0.2, 0.25) is 0 Å². The minimum absolute atomic E-state index is 0.160. The van der Waals surface area contributed by atoms with Gasteiger partial charge in [0.15, 0.2) is 0 Å². The lowest BCUT2D eigenvalue weighted by molar-refractivity contribution is -0.129. The Bertz CT molecular complexity index is 442. The number of ether oxygens (including phenoxy) is 1. The molecule has 1 aliphatic rings. The average molecular weight is 276 g/mol. The first-order valence-corrected chi connectivity index (χ1v) is 7.27. The van der Waals surface area contributed by atoms with Crippen LogP contribution < -0.4 is 10.1 Å². The van der Waals surface area contributed by atoms with Gasteiger partial charge in [-0.15, -0.1) is 0 Å². The molecule has 1 heterocycles. The van der Waals surface area contributed by atoms with Crippen LogP contribution in [0.1, 0.15) is 18.4 Å². The predicted molar refractivity (Wildman–Crippen MR) is 79.9 cm³/mol. The lowest BCUT2D eigenvalue weighted by Gasteiger charge is -2.27. The summed E-state index contributed by atoms with van der Waals surface area (Å²) in [5.41, 5.74) is 0.956. The standard InChI is InChI=1S/C16H24N2O2/c1-18(12-13-7-9-17-10-8-13)16(19)11-14-5-3-4-6-15(14)20-2/h3-6,13,17H,7-12H2,1-2H3. The molecule has 1 saturated heterocycles. The summed E-state index contributed by atoms with van der Waals surface area (Å²) in [7, 11) is 3.54. The highest BCUT2D eigenvalue weighted by Crippen LogP contribution is 2.19. The van der Waals surface area contributed by atoms with E-state index in [1.54, 1.807) is 7.11 Å². The van der Waals surface area contributed by atoms with Gasteiger partial charge in [0.2, 0.25) is 5.91 Å². The molecule has 1 aromatic rings. The second-order valence-corrected chi connectivity index (χ2v) is 5.46. The smallest absolute Gasteiger partial charge is 0.226 e. The number of carbonyl (C=O) groups is 1. The van der Waals surface area contributed by atoms with Gasteiger partial charge in [-0.3, -0.25) is 4.79 Å². The quantitative estimate of drug-likeness (QED) is 0.890. The van der Waals surface area contributed by atoms with Crippen LogP contribution in [0.4, 0.5) is 0 Å². The lowest BCUT2D eigenvalue weighted by Crippen LogP contribution is -2.37. The second kappa shape index (κ2) is 7.29. The Morgan fingerprint density at radius 2 is 2.05 bits per heavy atom. The van der Waals surface area contributed by atoms with Crippen molar-refractivity contribution in [1.82, 2.24) is 10.2 Å². The fourth-order valence-corrected chi connectivity index (χ4v) is 2.70. The van der Waals surface area contributed by atoms with Gasteiger partial charge in [0.1, 0.15) is 5.75 Å². The largest absolute Gasteiger partial charge is 0.496 e. The van der Waals surface area contributed by atoms with Crippen molar-refractivity contribution in [3.8, 4) is 5.75 Å². The van der Waals surface area contributed by atoms with Gasteiger partial charge in [-0.1, -0.05) is 18.2 Å². The number of amides is 1. The topological polar surface area (TPSA) is 41.6 Å². The molecule has 0 aromatic heterocycles. The number of carbonyl (C=O) groups excluding carboxylic acids is 1. The summed E-state index contributed by atoms with van der Waals surface area (Å²) in [5.74, 6) is 1.58. The van der Waals surface area contributed by atoms with Crippen LogP contribution in [0.15, 0.2) is 24.3 Å². The van der Waals surface area contributed by atoms with Crippen LogP contribution in [-0.2, 0) is 11.2 Å². The molecule has 4 nitrogen and oxygen atoms in total. The summed E-state index contributed by atoms with van der Waals surface area (Å²) in [4.78, 5) is 14.2. The average Bonchev–Trinajstić information content (AvgIpc) is 2.48. The van der Waals surface area contributed by atoms with E-state index in [1.165, 1.54) is 0 Å². The first-order chi connectivity index (χ1) is 9.70. The molecule has 0 spiro atoms. The Hall–Kier alpha value is -1.55. The summed E-state index contributed by atoms with van der Waals surface area (Å²) in [6, 6.07) is 7.72. The minimum Gasteiger partial charge on any atom is -0.496 e. The number of hydrogen-bond acceptors (Lipinski definition) is 3. The maximum absolute atomic E-state index is 12.3. The maximum atomic E-state index is 12.3. The van der Waals surface area contributed by atoms with Crippen LogP contribution in [0.3, 0.4) is 0 Å². The first-order valence-electron chi connectivity index (χ1n) is 7.27. The highest BCUT2D eigenvalue weighted by molar-refractivity contribution is 5.79. The fourth-order valence-electron chi connectivity index (χ4n) is 2.70. The fraction of sp³-hybridized carbons (Fsp3) is 0.562. The second-order valence-electron chi connectivity index (χ2n) is 5.46. The third-order valence-corrected chi connectivity index (χ3v) is 3.95. The zero-order valence-corrected chi connectivity index (χ0v) is 12.4. The SMILES string of the molecule is COc1ccccc1CC(=O)N(C)CC1CCNCC1. The number of hydrogen-bond donors (Lipinski definition) is 1. The van der Waals surface area contributed by atoms with E-state index in [-0.39, 0.29) is 5.91 Å². The Labute approximate surface area is 121 Å². The normalized spacial score (nSPS) is 15.9. The van der Waals surface area contributed by atoms with Gasteiger partial charge < -0.3 is 15.0 Å². The van der Waals surface area contributed by atoms with E-state index in [1.807, 2.05) is 36.2 Å². The zero-order chi connectivity index (χ0) is 14.4. The van der Waals surface area contributed by atoms with Gasteiger partial charge in [-0.25, -0.2) is 0 Å². The van der Waals surface area contributed by atoms with Crippen molar-refractivity contribution in [2.24, 2.45) is 5.92 Å². The molecule has 20 heavy (non-hydrogen) atoms. The van der Waals surface area contributed by atoms with Crippen LogP contribution >= 0.6 is 0 Å². The van der Waals surface area contributed by atoms with Crippen molar-refractivity contribution in [3.05, 3.63) is 29.8 Å². The van der Waals surface area contributed by atoms with Crippen molar-refractivity contribution in [1.29, 1.82) is 0 Å². The molecule has 1 aliphatic heterocycles. The van der Waals surface area contributed by atoms with Crippen LogP contribution in [-0.4, -0.2) is 44.6 Å². The van der Waals surface area contributed by atoms with E-state index in [0.29, 0.717) is 12.3 Å². The molecule has 0 aliphatic carbocycles. The number of nitrogens with one attached hydrogen (secondary N) is 1. The summed E-state index contributed by atoms with van der Waals surface area (Å²) in [6.45, 7) is 2.99. The van der Waals surface area contributed by atoms with Crippen LogP contribution in [0, 0.1) is 5.92 Å². The number of para-hydroxylation sites is 1. The summed E-state index contributed by atoms with van der Waals surface area (Å²) < 4.78 is 5.30. The summed E-state index contributed by atoms with van der Waals surface area (Å²) in [5, 5.41) is 3.35. The van der Waals surface area contributed by atoms with Gasteiger partial charge in [0, 0.05) is 19.2 Å². The van der Waals surface area contributed by atoms with Crippen LogP contribution in [0.25, 0.3) is 0 Å². The molecular formula is C16H24N2O2. The molecule has 1 aromatic carbocycles. The Balaban J connectivity index is 1.90. The van der Waals surface area contributed by atoms with Crippen LogP contribution in [0.5, 0.6) is 5.75 Å². The van der Waals surface area contributed by atoms with E-state index in [0.717, 1.165) is 43.8 Å². The molecule has 2 rings (SSSR count). The maximum Gasteiger partial charge on any atom is 0.226 e. The minimum atomic E-state index is 0.160. The molecule has 1 amide bonds. The van der Waals surface area contributed by atoms with E-state index in [2.05, 4.69) is 5.32 Å². The highest BCUT2D eigenvalue weighted by atomic mass is 16.5. The molecule has 0 atom stereocenters. The summed E-state index contributed by atoms with van der Waals surface area (Å²) >= 11 is 0. The van der Waals surface area contributed by atoms with E-state index in [4.69, 9.17) is 4.74 Å². The van der Waals surface area contributed by atoms with E-state index < -0.39 is 0 Å². The van der Waals surface area contributed by atoms with Gasteiger partial charge in [0.05, 0.1) is 13.5 Å². The first kappa shape index (κ1) is 14.9. The molecule has 0 radical (unpaired) electrons. The van der Waals surface area contributed by atoms with E-state index in [9.17, 15) is 4.79 Å². The number of nitrogens with zero attached hydrogens (tertiary/aromatic N) is 1. The van der Waals surface area contributed by atoms with Gasteiger partial charge in [0.25, 0.3) is 0 Å². The van der Waals surface area contributed by atoms with Crippen molar-refractivity contribution in [3.63, 3.8) is 0 Å². The van der Waals surface area contributed by atoms with E-state index >= 15 is 0 Å². The molecule has 0 unspecified atom stereocenters. The Morgan fingerprint density at radius 1 is 1.35 bits per heavy atom. The Morgan fingerprint density at radius 3 is 2.75 bits per heavy atom. The predicted octanol–water partition coefficient (Wildman–Crippen LogP) is 1.70. The van der Waals surface area contributed by atoms with Gasteiger partial charge in [-0.2, -0.15) is 0 Å². The molecule has 1 fully saturated rings. The van der Waals surface area contributed by atoms with Crippen molar-refractivity contribution < 1.29 is 9.53 Å². The molecule has 0 saturated carbocycles. The molecule has 1 N–H and O–H groups in total. The number of methoxy groups -OCH3 is 1. The number of rotatable bonds is 5. The molecular weight excluding hydrogens is 252 g/mol. The van der Waals surface area contributed by atoms with Crippen molar-refractivity contribution >= 4 is 5.91 Å². The third-order valence-electron chi connectivity index (χ3n) is 3.95. The Kier molecular flexibility index (Phi) is 5.41. The number of benzene rings is 1. The highest BCUT2D eigenvalue weighted by Gasteiger charge is 2.18. The van der Waals surface area contributed by atoms with Gasteiger partial charge >= 0.3 is 0 Å². The van der Waals surface area contributed by atoms with Crippen molar-refractivity contribution in [2.45, 2.75) is 19.3 Å². The third kappa shape index (κ3) is 3.97.